The Morgan fingerprint density at radius 1 is 1.15 bits per heavy atom. The van der Waals surface area contributed by atoms with Gasteiger partial charge in [-0.05, 0) is 42.8 Å². The number of morpholine rings is 1. The van der Waals surface area contributed by atoms with Crippen LogP contribution in [0.2, 0.25) is 0 Å². The van der Waals surface area contributed by atoms with Crippen molar-refractivity contribution in [1.29, 1.82) is 5.26 Å². The number of methoxy groups -OCH3 is 1. The third kappa shape index (κ3) is 6.76. The maximum atomic E-state index is 12.1. The van der Waals surface area contributed by atoms with E-state index in [2.05, 4.69) is 40.2 Å². The lowest BCUT2D eigenvalue weighted by Gasteiger charge is -2.33. The lowest BCUT2D eigenvalue weighted by Crippen LogP contribution is -2.45. The van der Waals surface area contributed by atoms with Crippen LogP contribution in [0.3, 0.4) is 0 Å². The Labute approximate surface area is 240 Å². The number of carbonyl (C=O) groups is 1. The molecule has 1 aromatic heterocycles. The van der Waals surface area contributed by atoms with Crippen molar-refractivity contribution in [2.24, 2.45) is 0 Å². The Morgan fingerprint density at radius 3 is 2.54 bits per heavy atom. The minimum Gasteiger partial charge on any atom is -0.493 e. The summed E-state index contributed by atoms with van der Waals surface area (Å²) in [5.41, 5.74) is 4.06. The Kier molecular flexibility index (Phi) is 8.97. The summed E-state index contributed by atoms with van der Waals surface area (Å²) < 4.78 is 17.3. The largest absolute Gasteiger partial charge is 0.493 e. The molecule has 2 saturated heterocycles. The van der Waals surface area contributed by atoms with Crippen LogP contribution in [-0.2, 0) is 16.0 Å². The topological polar surface area (TPSA) is 121 Å². The van der Waals surface area contributed by atoms with Crippen LogP contribution in [0.25, 0.3) is 11.3 Å². The fourth-order valence-corrected chi connectivity index (χ4v) is 5.21. The quantitative estimate of drug-likeness (QED) is 0.445. The molecule has 1 atom stereocenters. The first-order chi connectivity index (χ1) is 19.9. The molecule has 41 heavy (non-hydrogen) atoms. The lowest BCUT2D eigenvalue weighted by atomic mass is 10.0. The van der Waals surface area contributed by atoms with Gasteiger partial charge in [0.25, 0.3) is 5.91 Å². The molecule has 1 N–H and O–H groups in total. The first-order valence-electron chi connectivity index (χ1n) is 13.9. The van der Waals surface area contributed by atoms with E-state index < -0.39 is 6.10 Å². The number of nitriles is 1. The van der Waals surface area contributed by atoms with Crippen molar-refractivity contribution in [3.05, 3.63) is 65.6 Å². The molecule has 214 valence electrons. The van der Waals surface area contributed by atoms with Gasteiger partial charge in [0.15, 0.2) is 11.5 Å². The van der Waals surface area contributed by atoms with Crippen molar-refractivity contribution in [3.63, 3.8) is 0 Å². The van der Waals surface area contributed by atoms with Gasteiger partial charge in [0.2, 0.25) is 0 Å². The van der Waals surface area contributed by atoms with E-state index in [1.54, 1.807) is 24.3 Å². The van der Waals surface area contributed by atoms with E-state index in [-0.39, 0.29) is 12.0 Å². The molecule has 0 bridgehead atoms. The highest BCUT2D eigenvalue weighted by atomic mass is 16.5. The van der Waals surface area contributed by atoms with E-state index in [0.717, 1.165) is 37.4 Å². The number of nitrogens with zero attached hydrogens (tertiary/aromatic N) is 5. The molecule has 0 saturated carbocycles. The fourth-order valence-electron chi connectivity index (χ4n) is 5.21. The number of benzene rings is 2. The van der Waals surface area contributed by atoms with Crippen LogP contribution in [0, 0.1) is 11.3 Å². The molecule has 1 amide bonds. The molecular formula is C31H35N5O5. The zero-order chi connectivity index (χ0) is 28.8. The van der Waals surface area contributed by atoms with Crippen molar-refractivity contribution in [2.75, 3.05) is 51.4 Å². The number of aliphatic hydroxyl groups is 1. The molecule has 0 radical (unpaired) electrons. The Balaban J connectivity index is 1.30. The average molecular weight is 558 g/mol. The summed E-state index contributed by atoms with van der Waals surface area (Å²) in [7, 11) is 1.54. The van der Waals surface area contributed by atoms with Crippen LogP contribution in [0.15, 0.2) is 48.7 Å². The van der Waals surface area contributed by atoms with Gasteiger partial charge >= 0.3 is 0 Å². The maximum Gasteiger partial charge on any atom is 0.251 e. The van der Waals surface area contributed by atoms with E-state index in [4.69, 9.17) is 19.2 Å². The third-order valence-corrected chi connectivity index (χ3v) is 7.47. The smallest absolute Gasteiger partial charge is 0.251 e. The normalized spacial score (nSPS) is 16.6. The van der Waals surface area contributed by atoms with Gasteiger partial charge < -0.3 is 29.1 Å². The zero-order valence-electron chi connectivity index (χ0n) is 23.5. The Hall–Kier alpha value is -4.20. The van der Waals surface area contributed by atoms with Gasteiger partial charge in [0.05, 0.1) is 31.6 Å². The summed E-state index contributed by atoms with van der Waals surface area (Å²) in [5, 5.41) is 19.6. The van der Waals surface area contributed by atoms with Gasteiger partial charge in [-0.2, -0.15) is 5.26 Å². The molecule has 2 aliphatic heterocycles. The molecule has 5 rings (SSSR count). The number of anilines is 1. The standard InChI is InChI=1S/C31H35N5O5/c1-21(37)31(38)36-11-8-26(9-12-36)41-30-24(20-32)18-23(19-28(30)39-2)27-7-10-33-29(34-27)17-22-3-5-25(6-4-22)35-13-15-40-16-14-35/h3-7,10,18-19,21,26,37H,8-9,11-17H2,1-2H3/t21-/m1/s1. The number of aromatic nitrogens is 2. The molecule has 0 aliphatic carbocycles. The SMILES string of the molecule is COc1cc(-c2ccnc(Cc3ccc(N4CCOCC4)cc3)n2)cc(C#N)c1OC1CCN(C(=O)[C@@H](C)O)CC1. The monoisotopic (exact) mass is 557 g/mol. The summed E-state index contributed by atoms with van der Waals surface area (Å²) >= 11 is 0. The minimum absolute atomic E-state index is 0.180. The highest BCUT2D eigenvalue weighted by Gasteiger charge is 2.27. The second-order valence-corrected chi connectivity index (χ2v) is 10.3. The summed E-state index contributed by atoms with van der Waals surface area (Å²) in [6.45, 7) is 5.73. The number of rotatable bonds is 8. The van der Waals surface area contributed by atoms with E-state index >= 15 is 0 Å². The average Bonchev–Trinajstić information content (AvgIpc) is 3.02. The van der Waals surface area contributed by atoms with Crippen molar-refractivity contribution in [1.82, 2.24) is 14.9 Å². The highest BCUT2D eigenvalue weighted by molar-refractivity contribution is 5.80. The van der Waals surface area contributed by atoms with Crippen LogP contribution in [0.5, 0.6) is 11.5 Å². The number of hydrogen-bond acceptors (Lipinski definition) is 9. The first-order valence-corrected chi connectivity index (χ1v) is 13.9. The van der Waals surface area contributed by atoms with E-state index in [1.165, 1.54) is 12.6 Å². The van der Waals surface area contributed by atoms with Crippen molar-refractivity contribution in [2.45, 2.75) is 38.4 Å². The van der Waals surface area contributed by atoms with Crippen LogP contribution in [0.4, 0.5) is 5.69 Å². The van der Waals surface area contributed by atoms with E-state index in [1.807, 2.05) is 12.1 Å². The highest BCUT2D eigenvalue weighted by Crippen LogP contribution is 2.37. The van der Waals surface area contributed by atoms with Gasteiger partial charge in [-0.25, -0.2) is 9.97 Å². The number of likely N-dealkylation sites (tertiary alicyclic amines) is 1. The van der Waals surface area contributed by atoms with Crippen molar-refractivity contribution < 1.29 is 24.1 Å². The molecule has 10 nitrogen and oxygen atoms in total. The predicted molar refractivity (Wildman–Crippen MR) is 153 cm³/mol. The van der Waals surface area contributed by atoms with Gasteiger partial charge in [0.1, 0.15) is 24.1 Å². The van der Waals surface area contributed by atoms with E-state index in [9.17, 15) is 15.2 Å². The second kappa shape index (κ2) is 13.0. The molecule has 2 aliphatic rings. The van der Waals surface area contributed by atoms with Crippen LogP contribution in [-0.4, -0.2) is 84.6 Å². The van der Waals surface area contributed by atoms with Crippen LogP contribution < -0.4 is 14.4 Å². The molecule has 2 fully saturated rings. The molecule has 3 heterocycles. The predicted octanol–water partition coefficient (Wildman–Crippen LogP) is 3.20. The number of amides is 1. The number of aliphatic hydroxyl groups excluding tert-OH is 1. The number of piperidine rings is 1. The van der Waals surface area contributed by atoms with Gasteiger partial charge in [-0.3, -0.25) is 4.79 Å². The molecule has 0 unspecified atom stereocenters. The summed E-state index contributed by atoms with van der Waals surface area (Å²) in [6, 6.07) is 16.1. The van der Waals surface area contributed by atoms with Gasteiger partial charge in [-0.1, -0.05) is 12.1 Å². The zero-order valence-corrected chi connectivity index (χ0v) is 23.5. The number of hydrogen-bond donors (Lipinski definition) is 1. The van der Waals surface area contributed by atoms with Gasteiger partial charge in [0, 0.05) is 62.9 Å². The Morgan fingerprint density at radius 2 is 1.88 bits per heavy atom. The van der Waals surface area contributed by atoms with Crippen molar-refractivity contribution >= 4 is 11.6 Å². The molecular weight excluding hydrogens is 522 g/mol. The van der Waals surface area contributed by atoms with Gasteiger partial charge in [-0.15, -0.1) is 0 Å². The van der Waals surface area contributed by atoms with E-state index in [0.29, 0.717) is 60.9 Å². The number of carbonyl (C=O) groups excluding carboxylic acids is 1. The second-order valence-electron chi connectivity index (χ2n) is 10.3. The maximum absolute atomic E-state index is 12.1. The van der Waals surface area contributed by atoms with Crippen molar-refractivity contribution in [3.8, 4) is 28.8 Å². The Bertz CT molecular complexity index is 1390. The lowest BCUT2D eigenvalue weighted by molar-refractivity contribution is -0.141. The summed E-state index contributed by atoms with van der Waals surface area (Å²) in [4.78, 5) is 25.3. The van der Waals surface area contributed by atoms with Crippen LogP contribution >= 0.6 is 0 Å². The molecule has 0 spiro atoms. The summed E-state index contributed by atoms with van der Waals surface area (Å²) in [5.74, 6) is 1.23. The molecule has 3 aromatic rings. The minimum atomic E-state index is -1.02. The number of ether oxygens (including phenoxy) is 3. The summed E-state index contributed by atoms with van der Waals surface area (Å²) in [6.07, 6.45) is 2.30. The fraction of sp³-hybridized carbons (Fsp3) is 0.419. The first kappa shape index (κ1) is 28.3. The van der Waals surface area contributed by atoms with Crippen LogP contribution in [0.1, 0.15) is 36.7 Å². The molecule has 2 aromatic carbocycles. The third-order valence-electron chi connectivity index (χ3n) is 7.47. The molecule has 10 heteroatoms.